The predicted octanol–water partition coefficient (Wildman–Crippen LogP) is 2.27. The van der Waals surface area contributed by atoms with E-state index in [-0.39, 0.29) is 39.3 Å². The SMILES string of the molecule is CCOC(=O)C(Cc1cccc(CC(C(=O)OCC)C(=O)OCC)c1OC)C(=O)OCC. The van der Waals surface area contributed by atoms with Crippen LogP contribution < -0.4 is 4.74 Å². The molecule has 0 aliphatic heterocycles. The Morgan fingerprint density at radius 2 is 0.969 bits per heavy atom. The van der Waals surface area contributed by atoms with Gasteiger partial charge in [-0.25, -0.2) is 0 Å². The lowest BCUT2D eigenvalue weighted by molar-refractivity contribution is -0.163. The van der Waals surface area contributed by atoms with E-state index in [1.807, 2.05) is 0 Å². The van der Waals surface area contributed by atoms with Crippen LogP contribution >= 0.6 is 0 Å². The molecule has 0 heterocycles. The second kappa shape index (κ2) is 14.1. The van der Waals surface area contributed by atoms with E-state index in [4.69, 9.17) is 23.7 Å². The van der Waals surface area contributed by atoms with Crippen LogP contribution in [0.15, 0.2) is 18.2 Å². The molecule has 0 fully saturated rings. The molecule has 0 aliphatic rings. The second-order valence-corrected chi connectivity index (χ2v) is 6.63. The van der Waals surface area contributed by atoms with Crippen LogP contribution in [-0.4, -0.2) is 57.4 Å². The summed E-state index contributed by atoms with van der Waals surface area (Å²) >= 11 is 0. The van der Waals surface area contributed by atoms with E-state index < -0.39 is 35.7 Å². The third-order valence-electron chi connectivity index (χ3n) is 4.51. The van der Waals surface area contributed by atoms with Crippen LogP contribution in [0.25, 0.3) is 0 Å². The van der Waals surface area contributed by atoms with Crippen molar-refractivity contribution in [2.24, 2.45) is 11.8 Å². The number of hydrogen-bond acceptors (Lipinski definition) is 9. The molecule has 0 N–H and O–H groups in total. The minimum atomic E-state index is -1.18. The minimum absolute atomic E-state index is 0.0296. The topological polar surface area (TPSA) is 114 Å². The van der Waals surface area contributed by atoms with Gasteiger partial charge < -0.3 is 23.7 Å². The molecular weight excluding hydrogens is 420 g/mol. The third kappa shape index (κ3) is 7.55. The quantitative estimate of drug-likeness (QED) is 0.252. The molecule has 9 heteroatoms. The van der Waals surface area contributed by atoms with Crippen LogP contribution in [0.2, 0.25) is 0 Å². The van der Waals surface area contributed by atoms with Crippen LogP contribution in [0.1, 0.15) is 38.8 Å². The number of para-hydroxylation sites is 1. The zero-order valence-corrected chi connectivity index (χ0v) is 19.3. The highest BCUT2D eigenvalue weighted by atomic mass is 16.6. The highest BCUT2D eigenvalue weighted by Gasteiger charge is 2.33. The van der Waals surface area contributed by atoms with Gasteiger partial charge in [-0.05, 0) is 51.7 Å². The molecule has 0 aliphatic carbocycles. The molecule has 0 saturated heterocycles. The lowest BCUT2D eigenvalue weighted by Crippen LogP contribution is -2.31. The molecule has 1 aromatic rings. The summed E-state index contributed by atoms with van der Waals surface area (Å²) < 4.78 is 25.6. The molecular formula is C23H32O9. The van der Waals surface area contributed by atoms with Crippen LogP contribution in [0.4, 0.5) is 0 Å². The fraction of sp³-hybridized carbons (Fsp3) is 0.565. The maximum Gasteiger partial charge on any atom is 0.320 e. The summed E-state index contributed by atoms with van der Waals surface area (Å²) in [4.78, 5) is 49.4. The van der Waals surface area contributed by atoms with Gasteiger partial charge in [0, 0.05) is 0 Å². The molecule has 0 unspecified atom stereocenters. The zero-order chi connectivity index (χ0) is 24.1. The first kappa shape index (κ1) is 26.9. The molecule has 0 radical (unpaired) electrons. The van der Waals surface area contributed by atoms with E-state index >= 15 is 0 Å². The largest absolute Gasteiger partial charge is 0.496 e. The van der Waals surface area contributed by atoms with Gasteiger partial charge in [-0.2, -0.15) is 0 Å². The molecule has 1 rings (SSSR count). The molecule has 0 atom stereocenters. The van der Waals surface area contributed by atoms with Gasteiger partial charge in [-0.3, -0.25) is 19.2 Å². The molecule has 0 saturated carbocycles. The Bertz CT molecular complexity index is 691. The van der Waals surface area contributed by atoms with Crippen LogP contribution in [0.5, 0.6) is 5.75 Å². The summed E-state index contributed by atoms with van der Waals surface area (Å²) in [6.07, 6.45) is -0.0592. The van der Waals surface area contributed by atoms with Crippen molar-refractivity contribution in [2.45, 2.75) is 40.5 Å². The molecule has 1 aromatic carbocycles. The number of ether oxygens (including phenoxy) is 5. The van der Waals surface area contributed by atoms with Crippen molar-refractivity contribution in [3.63, 3.8) is 0 Å². The van der Waals surface area contributed by atoms with Gasteiger partial charge in [0.2, 0.25) is 0 Å². The fourth-order valence-corrected chi connectivity index (χ4v) is 3.16. The Kier molecular flexibility index (Phi) is 11.8. The Morgan fingerprint density at radius 1 is 0.656 bits per heavy atom. The summed E-state index contributed by atoms with van der Waals surface area (Å²) in [6, 6.07) is 5.07. The van der Waals surface area contributed by atoms with Gasteiger partial charge in [-0.15, -0.1) is 0 Å². The predicted molar refractivity (Wildman–Crippen MR) is 114 cm³/mol. The van der Waals surface area contributed by atoms with E-state index in [0.717, 1.165) is 0 Å². The van der Waals surface area contributed by atoms with Crippen molar-refractivity contribution < 1.29 is 42.9 Å². The monoisotopic (exact) mass is 452 g/mol. The van der Waals surface area contributed by atoms with Crippen LogP contribution in [0, 0.1) is 11.8 Å². The van der Waals surface area contributed by atoms with Gasteiger partial charge in [-0.1, -0.05) is 18.2 Å². The van der Waals surface area contributed by atoms with Crippen molar-refractivity contribution in [3.8, 4) is 5.75 Å². The summed E-state index contributed by atoms with van der Waals surface area (Å²) in [7, 11) is 1.43. The number of hydrogen-bond donors (Lipinski definition) is 0. The Hall–Kier alpha value is -3.10. The zero-order valence-electron chi connectivity index (χ0n) is 19.3. The van der Waals surface area contributed by atoms with E-state index in [1.165, 1.54) is 7.11 Å². The van der Waals surface area contributed by atoms with Gasteiger partial charge >= 0.3 is 23.9 Å². The summed E-state index contributed by atoms with van der Waals surface area (Å²) in [5.41, 5.74) is 1.06. The maximum absolute atomic E-state index is 12.4. The van der Waals surface area contributed by atoms with Gasteiger partial charge in [0.15, 0.2) is 11.8 Å². The molecule has 32 heavy (non-hydrogen) atoms. The van der Waals surface area contributed by atoms with Crippen molar-refractivity contribution in [3.05, 3.63) is 29.3 Å². The third-order valence-corrected chi connectivity index (χ3v) is 4.51. The second-order valence-electron chi connectivity index (χ2n) is 6.63. The maximum atomic E-state index is 12.4. The number of rotatable bonds is 13. The number of esters is 4. The highest BCUT2D eigenvalue weighted by molar-refractivity contribution is 5.96. The van der Waals surface area contributed by atoms with E-state index in [0.29, 0.717) is 16.9 Å². The number of carbonyl (C=O) groups excluding carboxylic acids is 4. The standard InChI is InChI=1S/C23H32O9/c1-6-29-20(24)17(21(25)30-7-2)13-15-11-10-12-16(19(15)28-5)14-18(22(26)31-8-3)23(27)32-9-4/h10-12,17-18H,6-9,13-14H2,1-5H3. The molecule has 0 spiro atoms. The number of benzene rings is 1. The Morgan fingerprint density at radius 3 is 1.22 bits per heavy atom. The van der Waals surface area contributed by atoms with Crippen molar-refractivity contribution >= 4 is 23.9 Å². The molecule has 0 aromatic heterocycles. The van der Waals surface area contributed by atoms with Crippen LogP contribution in [-0.2, 0) is 51.0 Å². The molecule has 0 amide bonds. The minimum Gasteiger partial charge on any atom is -0.496 e. The Labute approximate surface area is 188 Å². The first-order valence-corrected chi connectivity index (χ1v) is 10.7. The summed E-state index contributed by atoms with van der Waals surface area (Å²) in [5.74, 6) is -4.80. The molecule has 0 bridgehead atoms. The average Bonchev–Trinajstić information content (AvgIpc) is 2.76. The lowest BCUT2D eigenvalue weighted by atomic mass is 9.93. The van der Waals surface area contributed by atoms with Crippen molar-refractivity contribution in [1.29, 1.82) is 0 Å². The first-order chi connectivity index (χ1) is 15.3. The number of carbonyl (C=O) groups is 4. The van der Waals surface area contributed by atoms with Crippen LogP contribution in [0.3, 0.4) is 0 Å². The molecule has 178 valence electrons. The fourth-order valence-electron chi connectivity index (χ4n) is 3.16. The first-order valence-electron chi connectivity index (χ1n) is 10.7. The lowest BCUT2D eigenvalue weighted by Gasteiger charge is -2.20. The normalized spacial score (nSPS) is 10.6. The molecule has 9 nitrogen and oxygen atoms in total. The van der Waals surface area contributed by atoms with Gasteiger partial charge in [0.25, 0.3) is 0 Å². The smallest absolute Gasteiger partial charge is 0.320 e. The van der Waals surface area contributed by atoms with Gasteiger partial charge in [0.1, 0.15) is 5.75 Å². The van der Waals surface area contributed by atoms with Crippen molar-refractivity contribution in [1.82, 2.24) is 0 Å². The van der Waals surface area contributed by atoms with E-state index in [9.17, 15) is 19.2 Å². The summed E-state index contributed by atoms with van der Waals surface area (Å²) in [6.45, 7) is 7.05. The number of methoxy groups -OCH3 is 1. The van der Waals surface area contributed by atoms with E-state index in [2.05, 4.69) is 0 Å². The highest BCUT2D eigenvalue weighted by Crippen LogP contribution is 2.29. The van der Waals surface area contributed by atoms with E-state index in [1.54, 1.807) is 45.9 Å². The Balaban J connectivity index is 3.29. The van der Waals surface area contributed by atoms with Crippen molar-refractivity contribution in [2.75, 3.05) is 33.5 Å². The average molecular weight is 453 g/mol. The summed E-state index contributed by atoms with van der Waals surface area (Å²) in [5, 5.41) is 0. The van der Waals surface area contributed by atoms with Gasteiger partial charge in [0.05, 0.1) is 33.5 Å².